The van der Waals surface area contributed by atoms with Crippen molar-refractivity contribution in [1.82, 2.24) is 4.90 Å². The van der Waals surface area contributed by atoms with E-state index in [-0.39, 0.29) is 5.91 Å². The third-order valence-corrected chi connectivity index (χ3v) is 5.02. The summed E-state index contributed by atoms with van der Waals surface area (Å²) in [5, 5.41) is 4.10. The Labute approximate surface area is 164 Å². The molecule has 0 radical (unpaired) electrons. The predicted molar refractivity (Wildman–Crippen MR) is 109 cm³/mol. The average Bonchev–Trinajstić information content (AvgIpc) is 2.64. The minimum absolute atomic E-state index is 0.171. The highest BCUT2D eigenvalue weighted by atomic mass is 35.5. The second kappa shape index (κ2) is 8.47. The van der Waals surface area contributed by atoms with Crippen LogP contribution in [0.1, 0.15) is 6.92 Å². The number of nitrogens with zero attached hydrogens (tertiary/aromatic N) is 2. The van der Waals surface area contributed by atoms with Crippen molar-refractivity contribution < 1.29 is 4.79 Å². The molecule has 0 bridgehead atoms. The molecule has 0 unspecified atom stereocenters. The fourth-order valence-electron chi connectivity index (χ4n) is 2.98. The van der Waals surface area contributed by atoms with Crippen LogP contribution in [0.3, 0.4) is 0 Å². The topological polar surface area (TPSA) is 35.6 Å². The minimum Gasteiger partial charge on any atom is -0.371 e. The first-order chi connectivity index (χ1) is 12.5. The Hall–Kier alpha value is -2.17. The van der Waals surface area contributed by atoms with Crippen LogP contribution in [0, 0.1) is 0 Å². The highest BCUT2D eigenvalue weighted by Crippen LogP contribution is 2.22. The van der Waals surface area contributed by atoms with Gasteiger partial charge < -0.3 is 15.1 Å². The molecule has 2 aromatic carbocycles. The molecule has 2 aromatic rings. The van der Waals surface area contributed by atoms with Gasteiger partial charge in [-0.15, -0.1) is 0 Å². The Morgan fingerprint density at radius 1 is 1.00 bits per heavy atom. The van der Waals surface area contributed by atoms with Gasteiger partial charge in [-0.05, 0) is 43.3 Å². The van der Waals surface area contributed by atoms with E-state index >= 15 is 0 Å². The number of anilines is 2. The molecule has 4 nitrogen and oxygen atoms in total. The summed E-state index contributed by atoms with van der Waals surface area (Å²) >= 11 is 12.0. The van der Waals surface area contributed by atoms with Crippen molar-refractivity contribution in [3.8, 4) is 0 Å². The maximum atomic E-state index is 12.2. The van der Waals surface area contributed by atoms with Gasteiger partial charge in [0.05, 0.1) is 10.7 Å². The van der Waals surface area contributed by atoms with Crippen molar-refractivity contribution in [2.75, 3.05) is 36.4 Å². The summed E-state index contributed by atoms with van der Waals surface area (Å²) in [6.45, 7) is 5.50. The van der Waals surface area contributed by atoms with Crippen LogP contribution in [0.5, 0.6) is 0 Å². The van der Waals surface area contributed by atoms with Gasteiger partial charge in [0.2, 0.25) is 5.91 Å². The summed E-state index contributed by atoms with van der Waals surface area (Å²) in [4.78, 5) is 16.8. The standard InChI is InChI=1S/C20H21Cl2N3O/c1-15(14-20(26)23-19-5-3-2-4-18(19)22)24-10-12-25(13-11-24)17-8-6-16(21)7-9-17/h2-9,14H,10-13H2,1H3,(H,23,26)/b15-14+. The molecule has 0 saturated carbocycles. The van der Waals surface area contributed by atoms with Crippen molar-refractivity contribution in [3.63, 3.8) is 0 Å². The number of piperazine rings is 1. The Morgan fingerprint density at radius 3 is 2.31 bits per heavy atom. The second-order valence-electron chi connectivity index (χ2n) is 6.21. The van der Waals surface area contributed by atoms with E-state index in [1.54, 1.807) is 18.2 Å². The molecular formula is C20H21Cl2N3O. The molecule has 1 amide bonds. The number of rotatable bonds is 4. The van der Waals surface area contributed by atoms with Gasteiger partial charge >= 0.3 is 0 Å². The predicted octanol–water partition coefficient (Wildman–Crippen LogP) is 4.66. The maximum Gasteiger partial charge on any atom is 0.250 e. The van der Waals surface area contributed by atoms with Crippen LogP contribution in [0.25, 0.3) is 0 Å². The smallest absolute Gasteiger partial charge is 0.250 e. The van der Waals surface area contributed by atoms with Gasteiger partial charge in [0.15, 0.2) is 0 Å². The first kappa shape index (κ1) is 18.6. The number of allylic oxidation sites excluding steroid dienone is 1. The van der Waals surface area contributed by atoms with Gasteiger partial charge in [-0.25, -0.2) is 0 Å². The normalized spacial score (nSPS) is 15.1. The van der Waals surface area contributed by atoms with Crippen LogP contribution in [-0.4, -0.2) is 37.0 Å². The minimum atomic E-state index is -0.171. The molecule has 1 saturated heterocycles. The first-order valence-corrected chi connectivity index (χ1v) is 9.28. The van der Waals surface area contributed by atoms with E-state index in [4.69, 9.17) is 23.2 Å². The van der Waals surface area contributed by atoms with Gasteiger partial charge in [0.25, 0.3) is 0 Å². The van der Waals surface area contributed by atoms with E-state index in [0.29, 0.717) is 10.7 Å². The summed E-state index contributed by atoms with van der Waals surface area (Å²) < 4.78 is 0. The van der Waals surface area contributed by atoms with Crippen molar-refractivity contribution in [2.45, 2.75) is 6.92 Å². The molecule has 0 aromatic heterocycles. The van der Waals surface area contributed by atoms with Crippen LogP contribution in [-0.2, 0) is 4.79 Å². The van der Waals surface area contributed by atoms with Gasteiger partial charge in [0, 0.05) is 48.7 Å². The fourth-order valence-corrected chi connectivity index (χ4v) is 3.29. The molecule has 26 heavy (non-hydrogen) atoms. The summed E-state index contributed by atoms with van der Waals surface area (Å²) in [6, 6.07) is 15.1. The lowest BCUT2D eigenvalue weighted by Crippen LogP contribution is -2.45. The highest BCUT2D eigenvalue weighted by molar-refractivity contribution is 6.33. The largest absolute Gasteiger partial charge is 0.371 e. The third kappa shape index (κ3) is 4.71. The highest BCUT2D eigenvalue weighted by Gasteiger charge is 2.18. The van der Waals surface area contributed by atoms with E-state index in [2.05, 4.69) is 15.1 Å². The number of hydrogen-bond donors (Lipinski definition) is 1. The molecule has 136 valence electrons. The molecule has 0 aliphatic carbocycles. The van der Waals surface area contributed by atoms with Gasteiger partial charge in [-0.1, -0.05) is 35.3 Å². The Kier molecular flexibility index (Phi) is 6.07. The summed E-state index contributed by atoms with van der Waals surface area (Å²) in [7, 11) is 0. The van der Waals surface area contributed by atoms with E-state index in [1.165, 1.54) is 5.69 Å². The monoisotopic (exact) mass is 389 g/mol. The molecule has 3 rings (SSSR count). The summed E-state index contributed by atoms with van der Waals surface area (Å²) in [5.41, 5.74) is 2.74. The zero-order valence-electron chi connectivity index (χ0n) is 14.6. The van der Waals surface area contributed by atoms with E-state index in [0.717, 1.165) is 36.9 Å². The van der Waals surface area contributed by atoms with E-state index in [1.807, 2.05) is 43.3 Å². The SMILES string of the molecule is C/C(=C\C(=O)Nc1ccccc1Cl)N1CCN(c2ccc(Cl)cc2)CC1. The number of carbonyl (C=O) groups is 1. The molecular weight excluding hydrogens is 369 g/mol. The van der Waals surface area contributed by atoms with Gasteiger partial charge in [-0.2, -0.15) is 0 Å². The Morgan fingerprint density at radius 2 is 1.65 bits per heavy atom. The lowest BCUT2D eigenvalue weighted by atomic mass is 10.2. The number of nitrogens with one attached hydrogen (secondary N) is 1. The van der Waals surface area contributed by atoms with Crippen molar-refractivity contribution >= 4 is 40.5 Å². The van der Waals surface area contributed by atoms with Crippen molar-refractivity contribution in [2.24, 2.45) is 0 Å². The van der Waals surface area contributed by atoms with Crippen molar-refractivity contribution in [1.29, 1.82) is 0 Å². The third-order valence-electron chi connectivity index (χ3n) is 4.44. The second-order valence-corrected chi connectivity index (χ2v) is 7.05. The zero-order valence-corrected chi connectivity index (χ0v) is 16.1. The number of benzene rings is 2. The average molecular weight is 390 g/mol. The van der Waals surface area contributed by atoms with Crippen LogP contribution in [0.15, 0.2) is 60.3 Å². The van der Waals surface area contributed by atoms with E-state index < -0.39 is 0 Å². The molecule has 1 fully saturated rings. The summed E-state index contributed by atoms with van der Waals surface area (Å²) in [6.07, 6.45) is 1.63. The molecule has 0 atom stereocenters. The molecule has 6 heteroatoms. The van der Waals surface area contributed by atoms with E-state index in [9.17, 15) is 4.79 Å². The van der Waals surface area contributed by atoms with Gasteiger partial charge in [0.1, 0.15) is 0 Å². The van der Waals surface area contributed by atoms with Crippen molar-refractivity contribution in [3.05, 3.63) is 70.3 Å². The molecule has 1 aliphatic rings. The van der Waals surface area contributed by atoms with Crippen LogP contribution < -0.4 is 10.2 Å². The van der Waals surface area contributed by atoms with Crippen LogP contribution in [0.4, 0.5) is 11.4 Å². The number of hydrogen-bond acceptors (Lipinski definition) is 3. The van der Waals surface area contributed by atoms with Crippen LogP contribution in [0.2, 0.25) is 10.0 Å². The Bertz CT molecular complexity index is 797. The van der Waals surface area contributed by atoms with Gasteiger partial charge in [-0.3, -0.25) is 4.79 Å². The van der Waals surface area contributed by atoms with Crippen LogP contribution >= 0.6 is 23.2 Å². The zero-order chi connectivity index (χ0) is 18.5. The molecule has 1 aliphatic heterocycles. The Balaban J connectivity index is 1.56. The maximum absolute atomic E-state index is 12.2. The lowest BCUT2D eigenvalue weighted by Gasteiger charge is -2.37. The lowest BCUT2D eigenvalue weighted by molar-refractivity contribution is -0.112. The summed E-state index contributed by atoms with van der Waals surface area (Å²) in [5.74, 6) is -0.171. The number of para-hydroxylation sites is 1. The molecule has 1 heterocycles. The quantitative estimate of drug-likeness (QED) is 0.772. The number of halogens is 2. The fraction of sp³-hybridized carbons (Fsp3) is 0.250. The number of carbonyl (C=O) groups excluding carboxylic acids is 1. The number of amides is 1. The molecule has 1 N–H and O–H groups in total. The molecule has 0 spiro atoms. The first-order valence-electron chi connectivity index (χ1n) is 8.52.